The van der Waals surface area contributed by atoms with Crippen LogP contribution in [-0.2, 0) is 9.59 Å². The van der Waals surface area contributed by atoms with Gasteiger partial charge in [0.2, 0.25) is 0 Å². The highest BCUT2D eigenvalue weighted by Gasteiger charge is 2.25. The second kappa shape index (κ2) is 18.1. The van der Waals surface area contributed by atoms with Crippen molar-refractivity contribution in [3.63, 3.8) is 0 Å². The zero-order valence-corrected chi connectivity index (χ0v) is 33.5. The molecule has 0 fully saturated rings. The molecule has 0 bridgehead atoms. The summed E-state index contributed by atoms with van der Waals surface area (Å²) in [4.78, 5) is 27.0. The lowest BCUT2D eigenvalue weighted by atomic mass is 9.84. The van der Waals surface area contributed by atoms with Crippen molar-refractivity contribution < 1.29 is 19.1 Å². The molecular weight excluding hydrogens is 665 g/mol. The highest BCUT2D eigenvalue weighted by Crippen LogP contribution is 2.50. The third-order valence-electron chi connectivity index (χ3n) is 10.9. The summed E-state index contributed by atoms with van der Waals surface area (Å²) in [6, 6.07) is 25.9. The molecule has 4 heteroatoms. The van der Waals surface area contributed by atoms with Gasteiger partial charge in [0.05, 0.1) is 0 Å². The minimum Gasteiger partial charge on any atom is -0.425 e. The average molecular weight is 723 g/mol. The number of rotatable bonds is 17. The molecule has 0 aliphatic rings. The Bertz CT molecular complexity index is 2130. The minimum absolute atomic E-state index is 0.183. The molecule has 0 saturated carbocycles. The quantitative estimate of drug-likeness (QED) is 0.0407. The van der Waals surface area contributed by atoms with Gasteiger partial charge in [-0.15, -0.1) is 0 Å². The van der Waals surface area contributed by atoms with Crippen LogP contribution in [-0.4, -0.2) is 11.9 Å². The number of ether oxygens (including phenoxy) is 2. The van der Waals surface area contributed by atoms with Gasteiger partial charge in [0.25, 0.3) is 0 Å². The largest absolute Gasteiger partial charge is 0.425 e. The number of aryl methyl sites for hydroxylation is 4. The van der Waals surface area contributed by atoms with Crippen LogP contribution in [0, 0.1) is 27.7 Å². The molecule has 0 atom stereocenters. The zero-order chi connectivity index (χ0) is 38.2. The Morgan fingerprint density at radius 2 is 0.704 bits per heavy atom. The van der Waals surface area contributed by atoms with Gasteiger partial charge in [0.1, 0.15) is 11.5 Å². The molecule has 0 spiro atoms. The van der Waals surface area contributed by atoms with Crippen molar-refractivity contribution >= 4 is 55.0 Å². The van der Waals surface area contributed by atoms with E-state index < -0.39 is 0 Å². The van der Waals surface area contributed by atoms with Crippen LogP contribution in [0.25, 0.3) is 54.2 Å². The Balaban J connectivity index is 1.53. The van der Waals surface area contributed by atoms with E-state index >= 15 is 0 Å². The molecule has 0 radical (unpaired) electrons. The first-order valence-electron chi connectivity index (χ1n) is 20.5. The number of unbranched alkanes of at least 4 members (excludes halogenated alkanes) is 10. The molecule has 54 heavy (non-hydrogen) atoms. The number of fused-ring (bicyclic) bond motifs is 4. The molecule has 0 N–H and O–H groups in total. The third kappa shape index (κ3) is 8.81. The van der Waals surface area contributed by atoms with Crippen molar-refractivity contribution in [2.24, 2.45) is 0 Å². The van der Waals surface area contributed by atoms with Gasteiger partial charge in [-0.3, -0.25) is 9.59 Å². The smallest absolute Gasteiger partial charge is 0.311 e. The summed E-state index contributed by atoms with van der Waals surface area (Å²) in [6.45, 7) is 12.8. The molecule has 6 aromatic rings. The van der Waals surface area contributed by atoms with E-state index in [0.717, 1.165) is 115 Å². The summed E-state index contributed by atoms with van der Waals surface area (Å²) in [5.74, 6) is 0.891. The number of carbonyl (C=O) groups is 2. The lowest BCUT2D eigenvalue weighted by molar-refractivity contribution is -0.135. The van der Waals surface area contributed by atoms with Gasteiger partial charge in [-0.25, -0.2) is 0 Å². The third-order valence-corrected chi connectivity index (χ3v) is 10.9. The van der Waals surface area contributed by atoms with Crippen LogP contribution < -0.4 is 9.47 Å². The van der Waals surface area contributed by atoms with Crippen LogP contribution in [0.15, 0.2) is 72.8 Å². The van der Waals surface area contributed by atoms with Crippen LogP contribution in [0.3, 0.4) is 0 Å². The molecule has 0 saturated heterocycles. The normalized spacial score (nSPS) is 11.6. The Morgan fingerprint density at radius 1 is 0.389 bits per heavy atom. The van der Waals surface area contributed by atoms with Gasteiger partial charge in [-0.05, 0) is 85.3 Å². The predicted molar refractivity (Wildman–Crippen MR) is 228 cm³/mol. The highest BCUT2D eigenvalue weighted by atomic mass is 16.5. The maximum Gasteiger partial charge on any atom is 0.311 e. The molecule has 0 amide bonds. The van der Waals surface area contributed by atoms with Crippen LogP contribution >= 0.6 is 0 Å². The lowest BCUT2D eigenvalue weighted by Gasteiger charge is -2.22. The summed E-state index contributed by atoms with van der Waals surface area (Å²) in [5.41, 5.74) is 6.63. The van der Waals surface area contributed by atoms with Crippen LogP contribution in [0.1, 0.15) is 126 Å². The first-order chi connectivity index (χ1) is 26.2. The van der Waals surface area contributed by atoms with Gasteiger partial charge in [-0.2, -0.15) is 0 Å². The highest BCUT2D eigenvalue weighted by molar-refractivity contribution is 6.27. The fourth-order valence-corrected chi connectivity index (χ4v) is 8.02. The first-order valence-corrected chi connectivity index (χ1v) is 20.5. The predicted octanol–water partition coefficient (Wildman–Crippen LogP) is 14.5. The number of benzene rings is 6. The Morgan fingerprint density at radius 3 is 1.07 bits per heavy atom. The lowest BCUT2D eigenvalue weighted by Crippen LogP contribution is -2.09. The molecule has 0 aliphatic carbocycles. The number of esters is 2. The maximum atomic E-state index is 13.5. The summed E-state index contributed by atoms with van der Waals surface area (Å²) >= 11 is 0. The molecule has 0 unspecified atom stereocenters. The van der Waals surface area contributed by atoms with Crippen molar-refractivity contribution in [3.8, 4) is 22.6 Å². The Hall–Kier alpha value is -4.70. The number of carbonyl (C=O) groups excluding carboxylic acids is 2. The topological polar surface area (TPSA) is 52.6 Å². The Labute approximate surface area is 322 Å². The second-order valence-electron chi connectivity index (χ2n) is 15.6. The Kier molecular flexibility index (Phi) is 13.1. The second-order valence-corrected chi connectivity index (χ2v) is 15.6. The average Bonchev–Trinajstić information content (AvgIpc) is 3.15. The van der Waals surface area contributed by atoms with E-state index in [2.05, 4.69) is 114 Å². The SMILES string of the molecule is CCCCCCCCC(=O)Oc1c2cc(C)ccc2c(-c2c3ccc(C)cc3c(OC(=O)CCCCCCCC)c3ccc(C)cc23)c2cc(C)ccc12. The van der Waals surface area contributed by atoms with Crippen molar-refractivity contribution in [1.29, 1.82) is 0 Å². The van der Waals surface area contributed by atoms with Gasteiger partial charge in [0, 0.05) is 34.4 Å². The summed E-state index contributed by atoms with van der Waals surface area (Å²) in [7, 11) is 0. The molecule has 0 aliphatic heterocycles. The standard InChI is InChI=1S/C50H58O4/c1-7-9-11-13-15-17-19-45(51)53-49-39-27-23-33(3)29-41(39)47(37-25-21-35(5)31-43(37)49)48-38-26-22-36(6)32-44(38)50(40-28-24-34(4)30-42(40)48)54-46(52)20-18-16-14-12-10-8-2/h21-32H,7-20H2,1-6H3. The molecule has 282 valence electrons. The van der Waals surface area contributed by atoms with E-state index in [0.29, 0.717) is 24.3 Å². The van der Waals surface area contributed by atoms with E-state index in [1.807, 2.05) is 0 Å². The molecular formula is C50H58O4. The fourth-order valence-electron chi connectivity index (χ4n) is 8.02. The first kappa shape index (κ1) is 39.0. The fraction of sp³-hybridized carbons (Fsp3) is 0.400. The van der Waals surface area contributed by atoms with Gasteiger partial charge < -0.3 is 9.47 Å². The maximum absolute atomic E-state index is 13.5. The monoisotopic (exact) mass is 722 g/mol. The molecule has 4 nitrogen and oxygen atoms in total. The number of hydrogen-bond acceptors (Lipinski definition) is 4. The summed E-state index contributed by atoms with van der Waals surface area (Å²) in [5, 5.41) is 7.80. The van der Waals surface area contributed by atoms with E-state index in [9.17, 15) is 9.59 Å². The van der Waals surface area contributed by atoms with Gasteiger partial charge in [-0.1, -0.05) is 161 Å². The zero-order valence-electron chi connectivity index (χ0n) is 33.5. The van der Waals surface area contributed by atoms with E-state index in [-0.39, 0.29) is 11.9 Å². The summed E-state index contributed by atoms with van der Waals surface area (Å²) in [6.07, 6.45) is 14.2. The van der Waals surface area contributed by atoms with E-state index in [4.69, 9.17) is 9.47 Å². The van der Waals surface area contributed by atoms with Crippen molar-refractivity contribution in [2.75, 3.05) is 0 Å². The van der Waals surface area contributed by atoms with E-state index in [1.54, 1.807) is 0 Å². The molecule has 0 heterocycles. The van der Waals surface area contributed by atoms with Crippen molar-refractivity contribution in [3.05, 3.63) is 95.1 Å². The van der Waals surface area contributed by atoms with Gasteiger partial charge >= 0.3 is 11.9 Å². The van der Waals surface area contributed by atoms with Crippen LogP contribution in [0.4, 0.5) is 0 Å². The molecule has 6 rings (SSSR count). The van der Waals surface area contributed by atoms with Crippen LogP contribution in [0.5, 0.6) is 11.5 Å². The van der Waals surface area contributed by atoms with Crippen molar-refractivity contribution in [2.45, 2.75) is 131 Å². The van der Waals surface area contributed by atoms with Gasteiger partial charge in [0.15, 0.2) is 0 Å². The number of hydrogen-bond donors (Lipinski definition) is 0. The minimum atomic E-state index is -0.183. The molecule has 6 aromatic carbocycles. The summed E-state index contributed by atoms with van der Waals surface area (Å²) < 4.78 is 12.8. The van der Waals surface area contributed by atoms with E-state index in [1.165, 1.54) is 38.5 Å². The van der Waals surface area contributed by atoms with Crippen molar-refractivity contribution in [1.82, 2.24) is 0 Å². The molecule has 0 aromatic heterocycles. The van der Waals surface area contributed by atoms with Crippen LogP contribution in [0.2, 0.25) is 0 Å².